The number of carbonyl (C=O) groups is 1. The van der Waals surface area contributed by atoms with Crippen molar-refractivity contribution in [3.8, 4) is 0 Å². The van der Waals surface area contributed by atoms with E-state index in [0.717, 1.165) is 53.3 Å². The van der Waals surface area contributed by atoms with Gasteiger partial charge in [-0.2, -0.15) is 0 Å². The topological polar surface area (TPSA) is 42.4 Å². The van der Waals surface area contributed by atoms with Crippen molar-refractivity contribution in [3.63, 3.8) is 0 Å². The lowest BCUT2D eigenvalue weighted by atomic mass is 9.91. The summed E-state index contributed by atoms with van der Waals surface area (Å²) >= 11 is 1.62. The Bertz CT molecular complexity index is 1060. The lowest BCUT2D eigenvalue weighted by Crippen LogP contribution is -2.45. The van der Waals surface area contributed by atoms with Crippen LogP contribution in [0.25, 0.3) is 5.57 Å². The quantitative estimate of drug-likeness (QED) is 0.442. The summed E-state index contributed by atoms with van der Waals surface area (Å²) in [7, 11) is 1.64. The molecular formula is C25H27FN2O2S. The number of aromatic nitrogens is 1. The van der Waals surface area contributed by atoms with Crippen LogP contribution in [0.1, 0.15) is 58.7 Å². The molecule has 1 fully saturated rings. The Morgan fingerprint density at radius 1 is 1.32 bits per heavy atom. The molecule has 2 aromatic rings. The first-order valence-electron chi connectivity index (χ1n) is 10.6. The second kappa shape index (κ2) is 9.18. The Labute approximate surface area is 186 Å². The van der Waals surface area contributed by atoms with Gasteiger partial charge in [-0.05, 0) is 80.2 Å². The molecule has 0 aliphatic carbocycles. The fraction of sp³-hybridized carbons (Fsp3) is 0.360. The highest BCUT2D eigenvalue weighted by molar-refractivity contribution is 7.09. The van der Waals surface area contributed by atoms with E-state index in [1.807, 2.05) is 35.4 Å². The van der Waals surface area contributed by atoms with E-state index >= 15 is 0 Å². The number of fused-ring (bicyclic) bond motifs is 2. The zero-order valence-electron chi connectivity index (χ0n) is 17.9. The number of carbonyl (C=O) groups excluding carboxylic acids is 1. The van der Waals surface area contributed by atoms with Crippen LogP contribution in [0.2, 0.25) is 0 Å². The van der Waals surface area contributed by atoms with E-state index < -0.39 is 0 Å². The van der Waals surface area contributed by atoms with Gasteiger partial charge in [0.15, 0.2) is 0 Å². The SMILES string of the molecule is C=C(C=CC(=CC)OC)c1csc(C2CCC3CCc4cc(F)ccc4C(=O)N3C2)n1. The largest absolute Gasteiger partial charge is 0.497 e. The van der Waals surface area contributed by atoms with Crippen molar-refractivity contribution in [2.45, 2.75) is 44.6 Å². The van der Waals surface area contributed by atoms with Crippen molar-refractivity contribution >= 4 is 22.8 Å². The Hall–Kier alpha value is -2.73. The number of thiazole rings is 1. The van der Waals surface area contributed by atoms with Gasteiger partial charge >= 0.3 is 0 Å². The summed E-state index contributed by atoms with van der Waals surface area (Å²) in [6.45, 7) is 6.70. The molecule has 4 nitrogen and oxygen atoms in total. The van der Waals surface area contributed by atoms with Crippen molar-refractivity contribution in [1.29, 1.82) is 0 Å². The molecular weight excluding hydrogens is 411 g/mol. The highest BCUT2D eigenvalue weighted by Gasteiger charge is 2.36. The highest BCUT2D eigenvalue weighted by Crippen LogP contribution is 2.37. The predicted molar refractivity (Wildman–Crippen MR) is 123 cm³/mol. The number of piperidine rings is 1. The van der Waals surface area contributed by atoms with E-state index in [-0.39, 0.29) is 23.7 Å². The molecule has 2 atom stereocenters. The molecule has 6 heteroatoms. The van der Waals surface area contributed by atoms with Crippen molar-refractivity contribution in [3.05, 3.63) is 81.8 Å². The summed E-state index contributed by atoms with van der Waals surface area (Å²) in [5, 5.41) is 3.07. The molecule has 0 spiro atoms. The van der Waals surface area contributed by atoms with Crippen LogP contribution in [-0.2, 0) is 11.2 Å². The molecule has 1 saturated heterocycles. The molecule has 1 aromatic heterocycles. The average molecular weight is 439 g/mol. The van der Waals surface area contributed by atoms with Crippen LogP contribution in [0, 0.1) is 5.82 Å². The van der Waals surface area contributed by atoms with Crippen LogP contribution in [0.15, 0.2) is 54.1 Å². The summed E-state index contributed by atoms with van der Waals surface area (Å²) in [6, 6.07) is 4.74. The van der Waals surface area contributed by atoms with Gasteiger partial charge in [-0.15, -0.1) is 11.3 Å². The Morgan fingerprint density at radius 2 is 2.16 bits per heavy atom. The number of methoxy groups -OCH3 is 1. The molecule has 162 valence electrons. The molecule has 0 N–H and O–H groups in total. The molecule has 0 bridgehead atoms. The number of amides is 1. The fourth-order valence-electron chi connectivity index (χ4n) is 4.41. The van der Waals surface area contributed by atoms with Gasteiger partial charge in [0.1, 0.15) is 11.6 Å². The molecule has 2 aliphatic rings. The summed E-state index contributed by atoms with van der Waals surface area (Å²) < 4.78 is 18.9. The van der Waals surface area contributed by atoms with E-state index in [9.17, 15) is 9.18 Å². The number of nitrogens with zero attached hydrogens (tertiary/aromatic N) is 2. The second-order valence-corrected chi connectivity index (χ2v) is 8.94. The van der Waals surface area contributed by atoms with Gasteiger partial charge in [0, 0.05) is 29.4 Å². The van der Waals surface area contributed by atoms with E-state index in [1.54, 1.807) is 24.5 Å². The van der Waals surface area contributed by atoms with Gasteiger partial charge in [-0.3, -0.25) is 4.79 Å². The van der Waals surface area contributed by atoms with E-state index in [1.165, 1.54) is 12.1 Å². The highest BCUT2D eigenvalue weighted by atomic mass is 32.1. The second-order valence-electron chi connectivity index (χ2n) is 8.05. The Morgan fingerprint density at radius 3 is 2.94 bits per heavy atom. The number of ether oxygens (including phenoxy) is 1. The number of rotatable bonds is 5. The molecule has 0 radical (unpaired) electrons. The lowest BCUT2D eigenvalue weighted by molar-refractivity contribution is 0.0588. The van der Waals surface area contributed by atoms with Crippen molar-refractivity contribution in [1.82, 2.24) is 9.88 Å². The maximum Gasteiger partial charge on any atom is 0.254 e. The molecule has 0 saturated carbocycles. The number of benzene rings is 1. The first-order chi connectivity index (χ1) is 15.0. The van der Waals surface area contributed by atoms with Gasteiger partial charge in [-0.25, -0.2) is 9.37 Å². The molecule has 1 amide bonds. The predicted octanol–water partition coefficient (Wildman–Crippen LogP) is 5.74. The molecule has 4 rings (SSSR count). The minimum atomic E-state index is -0.277. The van der Waals surface area contributed by atoms with Crippen LogP contribution in [0.5, 0.6) is 0 Å². The molecule has 2 aliphatic heterocycles. The minimum Gasteiger partial charge on any atom is -0.497 e. The van der Waals surface area contributed by atoms with Crippen LogP contribution in [-0.4, -0.2) is 35.5 Å². The summed E-state index contributed by atoms with van der Waals surface area (Å²) in [4.78, 5) is 20.0. The van der Waals surface area contributed by atoms with Crippen molar-refractivity contribution in [2.24, 2.45) is 0 Å². The number of halogens is 1. The number of aryl methyl sites for hydroxylation is 1. The summed E-state index contributed by atoms with van der Waals surface area (Å²) in [6.07, 6.45) is 9.24. The normalized spacial score (nSPS) is 21.6. The monoisotopic (exact) mass is 438 g/mol. The molecule has 1 aromatic carbocycles. The molecule has 3 heterocycles. The van der Waals surface area contributed by atoms with Crippen molar-refractivity contribution < 1.29 is 13.9 Å². The third-order valence-electron chi connectivity index (χ3n) is 6.18. The summed E-state index contributed by atoms with van der Waals surface area (Å²) in [5.74, 6) is 0.725. The number of hydrogen-bond acceptors (Lipinski definition) is 4. The van der Waals surface area contributed by atoms with Gasteiger partial charge in [-0.1, -0.05) is 6.58 Å². The first kappa shape index (κ1) is 21.5. The molecule has 2 unspecified atom stereocenters. The van der Waals surface area contributed by atoms with Crippen LogP contribution in [0.3, 0.4) is 0 Å². The maximum atomic E-state index is 13.7. The van der Waals surface area contributed by atoms with E-state index in [0.29, 0.717) is 12.1 Å². The van der Waals surface area contributed by atoms with Crippen LogP contribution >= 0.6 is 11.3 Å². The summed E-state index contributed by atoms with van der Waals surface area (Å²) in [5.41, 5.74) is 3.15. The smallest absolute Gasteiger partial charge is 0.254 e. The lowest BCUT2D eigenvalue weighted by Gasteiger charge is -2.38. The van der Waals surface area contributed by atoms with Gasteiger partial charge < -0.3 is 9.64 Å². The van der Waals surface area contributed by atoms with Crippen molar-refractivity contribution in [2.75, 3.05) is 13.7 Å². The molecule has 31 heavy (non-hydrogen) atoms. The number of allylic oxidation sites excluding steroid dienone is 4. The third kappa shape index (κ3) is 4.49. The van der Waals surface area contributed by atoms with E-state index in [2.05, 4.69) is 6.58 Å². The average Bonchev–Trinajstić information content (AvgIpc) is 3.23. The fourth-order valence-corrected chi connectivity index (χ4v) is 5.38. The Balaban J connectivity index is 1.50. The zero-order chi connectivity index (χ0) is 22.0. The minimum absolute atomic E-state index is 0.0183. The van der Waals surface area contributed by atoms with Crippen LogP contribution < -0.4 is 0 Å². The zero-order valence-corrected chi connectivity index (χ0v) is 18.8. The Kier molecular flexibility index (Phi) is 6.37. The third-order valence-corrected chi connectivity index (χ3v) is 7.19. The maximum absolute atomic E-state index is 13.7. The van der Waals surface area contributed by atoms with Gasteiger partial charge in [0.25, 0.3) is 5.91 Å². The number of hydrogen-bond donors (Lipinski definition) is 0. The van der Waals surface area contributed by atoms with Gasteiger partial charge in [0.2, 0.25) is 0 Å². The van der Waals surface area contributed by atoms with Crippen LogP contribution in [0.4, 0.5) is 4.39 Å². The first-order valence-corrected chi connectivity index (χ1v) is 11.5. The van der Waals surface area contributed by atoms with Gasteiger partial charge in [0.05, 0.1) is 17.8 Å². The standard InChI is InChI=1S/C25H27FN2O2S/c1-4-21(30-3)11-5-16(2)23-15-31-24(27-23)18-7-10-20-9-6-17-13-19(26)8-12-22(17)25(29)28(20)14-18/h4-5,8,11-13,15,18,20H,2,6-7,9-10,14H2,1,3H3. The van der Waals surface area contributed by atoms with E-state index in [4.69, 9.17) is 9.72 Å².